The Morgan fingerprint density at radius 2 is 1.74 bits per heavy atom. The number of rotatable bonds is 12. The molecule has 2 aromatic rings. The highest BCUT2D eigenvalue weighted by atomic mass is 35.5. The molecule has 0 saturated heterocycles. The predicted molar refractivity (Wildman–Crippen MR) is 129 cm³/mol. The number of unbranched alkanes of at least 4 members (excludes halogenated alkanes) is 3. The number of nitrogens with zero attached hydrogens (tertiary/aromatic N) is 1. The molecule has 0 saturated carbocycles. The molecule has 0 amide bonds. The number of carbonyl (C=O) groups is 1. The quantitative estimate of drug-likeness (QED) is 0.292. The number of ether oxygens (including phenoxy) is 3. The van der Waals surface area contributed by atoms with Gasteiger partial charge >= 0.3 is 12.6 Å². The van der Waals surface area contributed by atoms with Crippen molar-refractivity contribution in [2.24, 2.45) is 0 Å². The lowest BCUT2D eigenvalue weighted by molar-refractivity contribution is -0.159. The van der Waals surface area contributed by atoms with E-state index >= 15 is 0 Å². The van der Waals surface area contributed by atoms with Crippen molar-refractivity contribution < 1.29 is 32.9 Å². The number of alkyl halides is 2. The van der Waals surface area contributed by atoms with E-state index in [1.54, 1.807) is 20.8 Å². The number of pyridine rings is 1. The SMILES string of the molecule is COc1cn(C(CCCCCCO)C(=O)OC(C)(C)C)c(=O)cc1-c1cc(Cl)ccc1OC(F)F. The van der Waals surface area contributed by atoms with Gasteiger partial charge in [0.1, 0.15) is 23.1 Å². The average molecular weight is 516 g/mol. The molecular formula is C25H32ClF2NO6. The molecule has 0 fully saturated rings. The van der Waals surface area contributed by atoms with E-state index in [0.29, 0.717) is 19.3 Å². The summed E-state index contributed by atoms with van der Waals surface area (Å²) >= 11 is 6.07. The van der Waals surface area contributed by atoms with Gasteiger partial charge in [-0.3, -0.25) is 9.36 Å². The molecule has 0 radical (unpaired) electrons. The van der Waals surface area contributed by atoms with E-state index in [-0.39, 0.29) is 34.3 Å². The van der Waals surface area contributed by atoms with Crippen molar-refractivity contribution in [3.8, 4) is 22.6 Å². The third-order valence-corrected chi connectivity index (χ3v) is 5.35. The largest absolute Gasteiger partial charge is 0.495 e. The molecule has 35 heavy (non-hydrogen) atoms. The first kappa shape index (κ1) is 28.6. The third-order valence-electron chi connectivity index (χ3n) is 5.11. The van der Waals surface area contributed by atoms with E-state index in [9.17, 15) is 18.4 Å². The van der Waals surface area contributed by atoms with Crippen LogP contribution in [0.1, 0.15) is 58.9 Å². The number of hydrogen-bond acceptors (Lipinski definition) is 6. The Morgan fingerprint density at radius 1 is 1.09 bits per heavy atom. The van der Waals surface area contributed by atoms with E-state index in [1.165, 1.54) is 42.1 Å². The van der Waals surface area contributed by atoms with E-state index in [2.05, 4.69) is 4.74 Å². The highest BCUT2D eigenvalue weighted by Gasteiger charge is 2.28. The van der Waals surface area contributed by atoms with Crippen LogP contribution >= 0.6 is 11.6 Å². The van der Waals surface area contributed by atoms with Gasteiger partial charge in [-0.1, -0.05) is 30.9 Å². The fourth-order valence-electron chi connectivity index (χ4n) is 3.60. The van der Waals surface area contributed by atoms with Crippen LogP contribution in [0.4, 0.5) is 8.78 Å². The summed E-state index contributed by atoms with van der Waals surface area (Å²) in [6.45, 7) is 2.22. The van der Waals surface area contributed by atoms with Gasteiger partial charge in [0.25, 0.3) is 5.56 Å². The molecule has 0 aliphatic heterocycles. The van der Waals surface area contributed by atoms with Crippen LogP contribution in [0.25, 0.3) is 11.1 Å². The van der Waals surface area contributed by atoms with Crippen LogP contribution in [0, 0.1) is 0 Å². The number of methoxy groups -OCH3 is 1. The van der Waals surface area contributed by atoms with Gasteiger partial charge < -0.3 is 19.3 Å². The molecule has 194 valence electrons. The van der Waals surface area contributed by atoms with Gasteiger partial charge in [0.15, 0.2) is 0 Å². The molecule has 2 rings (SSSR count). The minimum Gasteiger partial charge on any atom is -0.495 e. The smallest absolute Gasteiger partial charge is 0.387 e. The van der Waals surface area contributed by atoms with E-state index in [4.69, 9.17) is 26.2 Å². The Labute approximate surface area is 208 Å². The van der Waals surface area contributed by atoms with Gasteiger partial charge in [0.2, 0.25) is 0 Å². The molecule has 0 spiro atoms. The van der Waals surface area contributed by atoms with E-state index in [0.717, 1.165) is 12.8 Å². The van der Waals surface area contributed by atoms with Crippen LogP contribution in [-0.2, 0) is 9.53 Å². The summed E-state index contributed by atoms with van der Waals surface area (Å²) in [6.07, 6.45) is 4.53. The fraction of sp³-hybridized carbons (Fsp3) is 0.520. The second-order valence-corrected chi connectivity index (χ2v) is 9.43. The van der Waals surface area contributed by atoms with Crippen LogP contribution in [0.2, 0.25) is 5.02 Å². The number of carbonyl (C=O) groups excluding carboxylic acids is 1. The maximum atomic E-state index is 13.2. The normalized spacial score (nSPS) is 12.5. The number of aromatic nitrogens is 1. The van der Waals surface area contributed by atoms with Crippen molar-refractivity contribution >= 4 is 17.6 Å². The molecule has 1 N–H and O–H groups in total. The van der Waals surface area contributed by atoms with Gasteiger partial charge in [-0.25, -0.2) is 4.79 Å². The summed E-state index contributed by atoms with van der Waals surface area (Å²) in [4.78, 5) is 26.2. The Hall–Kier alpha value is -2.65. The number of esters is 1. The lowest BCUT2D eigenvalue weighted by Crippen LogP contribution is -2.35. The van der Waals surface area contributed by atoms with Crippen molar-refractivity contribution in [3.63, 3.8) is 0 Å². The zero-order valence-electron chi connectivity index (χ0n) is 20.4. The van der Waals surface area contributed by atoms with Gasteiger partial charge in [-0.05, 0) is 51.8 Å². The highest BCUT2D eigenvalue weighted by Crippen LogP contribution is 2.38. The Bertz CT molecular complexity index is 1050. The molecule has 0 bridgehead atoms. The summed E-state index contributed by atoms with van der Waals surface area (Å²) in [5.74, 6) is -0.576. The molecular weight excluding hydrogens is 484 g/mol. The minimum atomic E-state index is -3.08. The van der Waals surface area contributed by atoms with E-state index < -0.39 is 29.8 Å². The number of aliphatic hydroxyl groups excluding tert-OH is 1. The summed E-state index contributed by atoms with van der Waals surface area (Å²) < 4.78 is 42.8. The highest BCUT2D eigenvalue weighted by molar-refractivity contribution is 6.31. The van der Waals surface area contributed by atoms with Crippen LogP contribution in [0.5, 0.6) is 11.5 Å². The molecule has 1 heterocycles. The maximum Gasteiger partial charge on any atom is 0.387 e. The Kier molecular flexibility index (Phi) is 10.5. The minimum absolute atomic E-state index is 0.0916. The average Bonchev–Trinajstić information content (AvgIpc) is 2.76. The molecule has 1 unspecified atom stereocenters. The maximum absolute atomic E-state index is 13.2. The molecule has 0 aliphatic rings. The predicted octanol–water partition coefficient (Wildman–Crippen LogP) is 5.60. The van der Waals surface area contributed by atoms with Crippen LogP contribution < -0.4 is 15.0 Å². The molecule has 1 atom stereocenters. The molecule has 1 aromatic heterocycles. The lowest BCUT2D eigenvalue weighted by atomic mass is 10.0. The van der Waals surface area contributed by atoms with Gasteiger partial charge in [0, 0.05) is 28.8 Å². The zero-order chi connectivity index (χ0) is 26.2. The third kappa shape index (κ3) is 8.50. The Balaban J connectivity index is 2.53. The van der Waals surface area contributed by atoms with Crippen molar-refractivity contribution in [2.45, 2.75) is 71.1 Å². The van der Waals surface area contributed by atoms with Crippen molar-refractivity contribution in [2.75, 3.05) is 13.7 Å². The second-order valence-electron chi connectivity index (χ2n) is 9.00. The second kappa shape index (κ2) is 12.9. The summed E-state index contributed by atoms with van der Waals surface area (Å²) in [5.41, 5.74) is -0.966. The van der Waals surface area contributed by atoms with Crippen LogP contribution in [0.15, 0.2) is 35.3 Å². The van der Waals surface area contributed by atoms with Gasteiger partial charge in [0.05, 0.1) is 13.3 Å². The van der Waals surface area contributed by atoms with Crippen molar-refractivity contribution in [1.82, 2.24) is 4.57 Å². The van der Waals surface area contributed by atoms with Crippen molar-refractivity contribution in [3.05, 3.63) is 45.8 Å². The molecule has 1 aromatic carbocycles. The standard InChI is InChI=1S/C25H32ClF2NO6/c1-25(2,3)35-23(32)19(9-7-5-6-8-12-30)29-15-21(33-4)18(14-22(29)31)17-13-16(26)10-11-20(17)34-24(27)28/h10-11,13-15,19,24,30H,5-9,12H2,1-4H3. The van der Waals surface area contributed by atoms with E-state index in [1.807, 2.05) is 0 Å². The first-order valence-electron chi connectivity index (χ1n) is 11.4. The number of benzene rings is 1. The molecule has 0 aliphatic carbocycles. The fourth-order valence-corrected chi connectivity index (χ4v) is 3.77. The summed E-state index contributed by atoms with van der Waals surface area (Å²) in [7, 11) is 1.36. The first-order valence-corrected chi connectivity index (χ1v) is 11.7. The van der Waals surface area contributed by atoms with Gasteiger partial charge in [-0.15, -0.1) is 0 Å². The van der Waals surface area contributed by atoms with Crippen LogP contribution in [0.3, 0.4) is 0 Å². The Morgan fingerprint density at radius 3 is 2.34 bits per heavy atom. The van der Waals surface area contributed by atoms with Gasteiger partial charge in [-0.2, -0.15) is 8.78 Å². The summed E-state index contributed by atoms with van der Waals surface area (Å²) in [5, 5.41) is 9.23. The number of halogens is 3. The van der Waals surface area contributed by atoms with Crippen molar-refractivity contribution in [1.29, 1.82) is 0 Å². The zero-order valence-corrected chi connectivity index (χ0v) is 21.1. The topological polar surface area (TPSA) is 87.0 Å². The molecule has 7 nitrogen and oxygen atoms in total. The summed E-state index contributed by atoms with van der Waals surface area (Å²) in [6, 6.07) is 4.35. The number of aliphatic hydroxyl groups is 1. The number of hydrogen-bond donors (Lipinski definition) is 1. The lowest BCUT2D eigenvalue weighted by Gasteiger charge is -2.26. The van der Waals surface area contributed by atoms with Crippen LogP contribution in [-0.4, -0.2) is 41.6 Å². The first-order chi connectivity index (χ1) is 16.5. The molecule has 10 heteroatoms. The monoisotopic (exact) mass is 515 g/mol.